The summed E-state index contributed by atoms with van der Waals surface area (Å²) in [6, 6.07) is 6.14. The Kier molecular flexibility index (Phi) is 5.17. The molecular weight excluding hydrogens is 463 g/mol. The number of rotatable bonds is 4. The number of benzene rings is 1. The van der Waals surface area contributed by atoms with Crippen molar-refractivity contribution < 1.29 is 22.8 Å². The Morgan fingerprint density at radius 2 is 2.03 bits per heavy atom. The van der Waals surface area contributed by atoms with E-state index in [1.165, 1.54) is 24.5 Å². The van der Waals surface area contributed by atoms with Gasteiger partial charge in [-0.05, 0) is 42.8 Å². The average molecular weight is 478 g/mol. The first kappa shape index (κ1) is 21.2. The van der Waals surface area contributed by atoms with E-state index in [0.717, 1.165) is 29.3 Å². The second-order valence-electron chi connectivity index (χ2n) is 7.24. The van der Waals surface area contributed by atoms with Crippen molar-refractivity contribution in [1.82, 2.24) is 30.5 Å². The van der Waals surface area contributed by atoms with Crippen LogP contribution in [-0.4, -0.2) is 50.4 Å². The minimum absolute atomic E-state index is 0.0476. The van der Waals surface area contributed by atoms with Crippen LogP contribution in [0, 0.1) is 0 Å². The first-order valence-electron chi connectivity index (χ1n) is 9.78. The lowest BCUT2D eigenvalue weighted by atomic mass is 10.1. The van der Waals surface area contributed by atoms with Gasteiger partial charge in [0.15, 0.2) is 5.82 Å². The van der Waals surface area contributed by atoms with Gasteiger partial charge in [-0.3, -0.25) is 5.10 Å². The van der Waals surface area contributed by atoms with Crippen LogP contribution in [-0.2, 0) is 9.63 Å². The van der Waals surface area contributed by atoms with Crippen LogP contribution in [0.4, 0.5) is 24.7 Å². The summed E-state index contributed by atoms with van der Waals surface area (Å²) >= 11 is 6.09. The Labute approximate surface area is 188 Å². The van der Waals surface area contributed by atoms with Gasteiger partial charge in [-0.15, -0.1) is 0 Å². The summed E-state index contributed by atoms with van der Waals surface area (Å²) < 4.78 is 39.2. The van der Waals surface area contributed by atoms with E-state index in [1.807, 2.05) is 6.08 Å². The largest absolute Gasteiger partial charge is 0.493 e. The number of H-pyrrole nitrogens is 2. The number of alkyl halides is 3. The Morgan fingerprint density at radius 3 is 2.79 bits per heavy atom. The Balaban J connectivity index is 1.65. The van der Waals surface area contributed by atoms with Crippen molar-refractivity contribution in [2.45, 2.75) is 12.6 Å². The number of nitrogens with zero attached hydrogens (tertiary/aromatic N) is 4. The molecule has 9 nitrogen and oxygen atoms in total. The zero-order valence-electron chi connectivity index (χ0n) is 16.7. The fourth-order valence-electron chi connectivity index (χ4n) is 3.57. The van der Waals surface area contributed by atoms with Crippen molar-refractivity contribution in [3.05, 3.63) is 47.5 Å². The molecule has 0 saturated carbocycles. The summed E-state index contributed by atoms with van der Waals surface area (Å²) in [5.74, 6) is -2.45. The van der Waals surface area contributed by atoms with E-state index in [4.69, 9.17) is 16.4 Å². The number of fused-ring (bicyclic) bond motifs is 2. The van der Waals surface area contributed by atoms with Crippen LogP contribution in [0.1, 0.15) is 12.1 Å². The number of carbonyl (C=O) groups excluding carboxylic acids is 1. The molecule has 0 saturated heterocycles. The predicted molar refractivity (Wildman–Crippen MR) is 115 cm³/mol. The number of hydrogen-bond acceptors (Lipinski definition) is 7. The molecule has 0 radical (unpaired) electrons. The third-order valence-corrected chi connectivity index (χ3v) is 5.43. The highest BCUT2D eigenvalue weighted by Gasteiger charge is 2.43. The number of aromatic nitrogens is 5. The zero-order chi connectivity index (χ0) is 23.2. The van der Waals surface area contributed by atoms with E-state index in [-0.39, 0.29) is 16.7 Å². The van der Waals surface area contributed by atoms with Gasteiger partial charge in [0.1, 0.15) is 17.1 Å². The molecule has 0 atom stereocenters. The summed E-state index contributed by atoms with van der Waals surface area (Å²) in [7, 11) is 0. The monoisotopic (exact) mass is 477 g/mol. The van der Waals surface area contributed by atoms with Crippen molar-refractivity contribution in [2.24, 2.45) is 0 Å². The van der Waals surface area contributed by atoms with Crippen molar-refractivity contribution in [3.63, 3.8) is 0 Å². The van der Waals surface area contributed by atoms with Gasteiger partial charge in [0.25, 0.3) is 0 Å². The number of halogens is 4. The molecule has 13 heteroatoms. The molecule has 170 valence electrons. The standard InChI is InChI=1S/C20H15ClF3N7O2/c21-16-12-7-11(1-2-14(12)29-30-16)31(33-19(32)20(22,23)24)18-13-8-15(10-3-5-25-6-4-10)28-17(13)26-9-27-18/h1-3,7-9,25H,4-6H2,(H,29,30)(H,26,27,28). The number of anilines is 2. The maximum Gasteiger partial charge on any atom is 0.493 e. The van der Waals surface area contributed by atoms with Gasteiger partial charge in [-0.2, -0.15) is 23.3 Å². The van der Waals surface area contributed by atoms with Gasteiger partial charge < -0.3 is 15.1 Å². The number of aromatic amines is 2. The summed E-state index contributed by atoms with van der Waals surface area (Å²) in [5.41, 5.74) is 2.74. The molecule has 3 N–H and O–H groups in total. The topological polar surface area (TPSA) is 112 Å². The lowest BCUT2D eigenvalue weighted by Gasteiger charge is -2.23. The van der Waals surface area contributed by atoms with Crippen molar-refractivity contribution in [2.75, 3.05) is 18.2 Å². The second-order valence-corrected chi connectivity index (χ2v) is 7.61. The fourth-order valence-corrected chi connectivity index (χ4v) is 3.77. The molecule has 1 aliphatic rings. The van der Waals surface area contributed by atoms with E-state index in [0.29, 0.717) is 28.5 Å². The predicted octanol–water partition coefficient (Wildman–Crippen LogP) is 4.02. The molecule has 0 aliphatic carbocycles. The van der Waals surface area contributed by atoms with Crippen LogP contribution < -0.4 is 10.4 Å². The molecule has 4 heterocycles. The van der Waals surface area contributed by atoms with Gasteiger partial charge >= 0.3 is 12.1 Å². The van der Waals surface area contributed by atoms with Crippen molar-refractivity contribution >= 4 is 56.6 Å². The molecule has 0 amide bonds. The summed E-state index contributed by atoms with van der Waals surface area (Å²) in [6.07, 6.45) is -1.27. The second kappa shape index (κ2) is 8.05. The quantitative estimate of drug-likeness (QED) is 0.380. The van der Waals surface area contributed by atoms with Crippen LogP contribution in [0.3, 0.4) is 0 Å². The Bertz CT molecular complexity index is 1400. The lowest BCUT2D eigenvalue weighted by Crippen LogP contribution is -2.33. The zero-order valence-corrected chi connectivity index (χ0v) is 17.5. The normalized spacial score (nSPS) is 14.5. The molecule has 0 unspecified atom stereocenters. The average Bonchev–Trinajstić information content (AvgIpc) is 3.41. The van der Waals surface area contributed by atoms with Crippen molar-refractivity contribution in [3.8, 4) is 0 Å². The first-order valence-corrected chi connectivity index (χ1v) is 10.2. The van der Waals surface area contributed by atoms with E-state index < -0.39 is 12.1 Å². The van der Waals surface area contributed by atoms with Crippen LogP contribution in [0.2, 0.25) is 5.15 Å². The number of carbonyl (C=O) groups is 1. The SMILES string of the molecule is O=C(ON(c1ccc2n[nH]c(Cl)c2c1)c1ncnc2[nH]c(C3=CCNCC3)cc12)C(F)(F)F. The molecule has 0 spiro atoms. The Hall–Kier alpha value is -3.64. The van der Waals surface area contributed by atoms with Gasteiger partial charge in [0.05, 0.1) is 16.6 Å². The number of hydrogen-bond donors (Lipinski definition) is 3. The highest BCUT2D eigenvalue weighted by molar-refractivity contribution is 6.34. The van der Waals surface area contributed by atoms with Gasteiger partial charge in [0.2, 0.25) is 0 Å². The highest BCUT2D eigenvalue weighted by Crippen LogP contribution is 2.35. The fraction of sp³-hybridized carbons (Fsp3) is 0.200. The third-order valence-electron chi connectivity index (χ3n) is 5.14. The molecule has 3 aromatic heterocycles. The van der Waals surface area contributed by atoms with Gasteiger partial charge in [0, 0.05) is 17.6 Å². The van der Waals surface area contributed by atoms with Crippen LogP contribution in [0.5, 0.6) is 0 Å². The van der Waals surface area contributed by atoms with E-state index >= 15 is 0 Å². The maximum atomic E-state index is 13.1. The molecule has 33 heavy (non-hydrogen) atoms. The maximum absolute atomic E-state index is 13.1. The molecule has 1 aliphatic heterocycles. The molecule has 5 rings (SSSR count). The lowest BCUT2D eigenvalue weighted by molar-refractivity contribution is -0.199. The summed E-state index contributed by atoms with van der Waals surface area (Å²) in [5, 5.41) is 11.5. The minimum atomic E-state index is -5.22. The van der Waals surface area contributed by atoms with Crippen LogP contribution in [0.15, 0.2) is 36.7 Å². The summed E-state index contributed by atoms with van der Waals surface area (Å²) in [4.78, 5) is 28.0. The van der Waals surface area contributed by atoms with E-state index in [1.54, 1.807) is 6.07 Å². The van der Waals surface area contributed by atoms with E-state index in [9.17, 15) is 18.0 Å². The third kappa shape index (κ3) is 3.98. The first-order chi connectivity index (χ1) is 15.8. The molecule has 1 aromatic carbocycles. The molecule has 4 aromatic rings. The van der Waals surface area contributed by atoms with Gasteiger partial charge in [-0.25, -0.2) is 14.8 Å². The van der Waals surface area contributed by atoms with E-state index in [2.05, 4.69) is 30.5 Å². The smallest absolute Gasteiger partial charge is 0.339 e. The van der Waals surface area contributed by atoms with Crippen molar-refractivity contribution in [1.29, 1.82) is 0 Å². The Morgan fingerprint density at radius 1 is 1.18 bits per heavy atom. The van der Waals surface area contributed by atoms with Crippen LogP contribution in [0.25, 0.3) is 27.5 Å². The highest BCUT2D eigenvalue weighted by atomic mass is 35.5. The minimum Gasteiger partial charge on any atom is -0.339 e. The summed E-state index contributed by atoms with van der Waals surface area (Å²) in [6.45, 7) is 1.49. The molecule has 0 fully saturated rings. The molecule has 0 bridgehead atoms. The van der Waals surface area contributed by atoms with Gasteiger partial charge in [-0.1, -0.05) is 17.7 Å². The number of nitrogens with one attached hydrogen (secondary N) is 3. The molecular formula is C20H15ClF3N7O2. The van der Waals surface area contributed by atoms with Crippen LogP contribution >= 0.6 is 11.6 Å².